The Morgan fingerprint density at radius 3 is 2.80 bits per heavy atom. The molecule has 0 aliphatic carbocycles. The lowest BCUT2D eigenvalue weighted by Gasteiger charge is -2.49. The van der Waals surface area contributed by atoms with Crippen molar-refractivity contribution >= 4 is 0 Å². The summed E-state index contributed by atoms with van der Waals surface area (Å²) in [4.78, 5) is 2.79. The van der Waals surface area contributed by atoms with E-state index in [1.54, 1.807) is 0 Å². The zero-order chi connectivity index (χ0) is 13.8. The van der Waals surface area contributed by atoms with Crippen LogP contribution in [0.2, 0.25) is 0 Å². The molecule has 0 saturated carbocycles. The van der Waals surface area contributed by atoms with Crippen molar-refractivity contribution in [2.75, 3.05) is 40.0 Å². The van der Waals surface area contributed by atoms with Crippen LogP contribution in [0, 0.1) is 0 Å². The highest BCUT2D eigenvalue weighted by Gasteiger charge is 2.42. The first-order valence-corrected chi connectivity index (χ1v) is 8.45. The maximum atomic E-state index is 6.20. The van der Waals surface area contributed by atoms with Crippen LogP contribution < -0.4 is 5.32 Å². The second kappa shape index (κ2) is 6.73. The molecule has 3 heterocycles. The predicted molar refractivity (Wildman–Crippen MR) is 80.0 cm³/mol. The second-order valence-corrected chi connectivity index (χ2v) is 6.74. The Hall–Kier alpha value is -0.160. The molecule has 3 aliphatic heterocycles. The van der Waals surface area contributed by atoms with Gasteiger partial charge in [-0.1, -0.05) is 6.42 Å². The molecule has 116 valence electrons. The normalized spacial score (nSPS) is 35.2. The second-order valence-electron chi connectivity index (χ2n) is 6.74. The summed E-state index contributed by atoms with van der Waals surface area (Å²) in [6.07, 6.45) is 8.73. The Balaban J connectivity index is 1.65. The first-order valence-electron chi connectivity index (χ1n) is 8.45. The van der Waals surface area contributed by atoms with Gasteiger partial charge < -0.3 is 14.8 Å². The van der Waals surface area contributed by atoms with Crippen LogP contribution in [-0.2, 0) is 9.47 Å². The van der Waals surface area contributed by atoms with Gasteiger partial charge in [0.05, 0.1) is 5.60 Å². The summed E-state index contributed by atoms with van der Waals surface area (Å²) in [7, 11) is 2.08. The van der Waals surface area contributed by atoms with E-state index in [0.29, 0.717) is 0 Å². The van der Waals surface area contributed by atoms with Crippen LogP contribution in [0.3, 0.4) is 0 Å². The summed E-state index contributed by atoms with van der Waals surface area (Å²) >= 11 is 0. The van der Waals surface area contributed by atoms with Gasteiger partial charge in [-0.2, -0.15) is 0 Å². The molecule has 0 radical (unpaired) electrons. The molecule has 3 fully saturated rings. The Bertz CT molecular complexity index is 297. The van der Waals surface area contributed by atoms with Crippen molar-refractivity contribution in [3.8, 4) is 0 Å². The lowest BCUT2D eigenvalue weighted by Crippen LogP contribution is -2.56. The highest BCUT2D eigenvalue weighted by Crippen LogP contribution is 2.37. The van der Waals surface area contributed by atoms with Gasteiger partial charge in [0.15, 0.2) is 0 Å². The lowest BCUT2D eigenvalue weighted by molar-refractivity contribution is -0.155. The lowest BCUT2D eigenvalue weighted by atomic mass is 9.82. The number of likely N-dealkylation sites (tertiary alicyclic amines) is 1. The molecule has 4 nitrogen and oxygen atoms in total. The fourth-order valence-corrected chi connectivity index (χ4v) is 4.34. The molecule has 0 aromatic heterocycles. The van der Waals surface area contributed by atoms with E-state index in [2.05, 4.69) is 17.3 Å². The number of likely N-dealkylation sites (N-methyl/N-ethyl adjacent to an activating group) is 1. The number of rotatable bonds is 3. The van der Waals surface area contributed by atoms with Crippen LogP contribution in [0.5, 0.6) is 0 Å². The first-order chi connectivity index (χ1) is 9.83. The third kappa shape index (κ3) is 3.19. The molecule has 20 heavy (non-hydrogen) atoms. The van der Waals surface area contributed by atoms with Crippen molar-refractivity contribution in [2.24, 2.45) is 0 Å². The van der Waals surface area contributed by atoms with Gasteiger partial charge >= 0.3 is 0 Å². The van der Waals surface area contributed by atoms with Gasteiger partial charge in [-0.25, -0.2) is 0 Å². The number of nitrogens with one attached hydrogen (secondary N) is 1. The largest absolute Gasteiger partial charge is 0.381 e. The minimum absolute atomic E-state index is 0.128. The summed E-state index contributed by atoms with van der Waals surface area (Å²) in [5.74, 6) is 0. The fourth-order valence-electron chi connectivity index (χ4n) is 4.34. The van der Waals surface area contributed by atoms with Crippen molar-refractivity contribution in [3.05, 3.63) is 0 Å². The monoisotopic (exact) mass is 282 g/mol. The molecule has 3 aliphatic rings. The summed E-state index contributed by atoms with van der Waals surface area (Å²) in [6, 6.07) is 1.45. The zero-order valence-corrected chi connectivity index (χ0v) is 12.9. The molecule has 0 aromatic rings. The van der Waals surface area contributed by atoms with Crippen molar-refractivity contribution < 1.29 is 9.47 Å². The third-order valence-corrected chi connectivity index (χ3v) is 5.45. The summed E-state index contributed by atoms with van der Waals surface area (Å²) < 4.78 is 11.7. The zero-order valence-electron chi connectivity index (χ0n) is 12.9. The molecule has 3 saturated heterocycles. The number of nitrogens with zero attached hydrogens (tertiary/aromatic N) is 1. The smallest absolute Gasteiger partial charge is 0.0741 e. The molecule has 0 bridgehead atoms. The van der Waals surface area contributed by atoms with E-state index in [1.807, 2.05) is 0 Å². The highest BCUT2D eigenvalue weighted by atomic mass is 16.5. The average molecular weight is 282 g/mol. The predicted octanol–water partition coefficient (Wildman–Crippen LogP) is 1.79. The highest BCUT2D eigenvalue weighted by molar-refractivity contribution is 4.95. The number of ether oxygens (including phenoxy) is 2. The molecular formula is C16H30N2O2. The molecule has 0 aromatic carbocycles. The molecule has 4 heteroatoms. The number of hydrogen-bond acceptors (Lipinski definition) is 4. The molecular weight excluding hydrogens is 252 g/mol. The topological polar surface area (TPSA) is 33.7 Å². The molecule has 1 N–H and O–H groups in total. The van der Waals surface area contributed by atoms with Gasteiger partial charge in [-0.15, -0.1) is 0 Å². The van der Waals surface area contributed by atoms with Crippen LogP contribution in [0.4, 0.5) is 0 Å². The standard InChI is InChI=1S/C16H30N2O2/c1-17-13-15-4-2-3-8-18(15)14-5-9-20-16(12-14)6-10-19-11-7-16/h14-15,17H,2-13H2,1H3. The molecule has 2 atom stereocenters. The van der Waals surface area contributed by atoms with E-state index in [1.165, 1.54) is 38.6 Å². The van der Waals surface area contributed by atoms with Crippen LogP contribution in [0.15, 0.2) is 0 Å². The summed E-state index contributed by atoms with van der Waals surface area (Å²) in [5, 5.41) is 3.38. The number of hydrogen-bond donors (Lipinski definition) is 1. The van der Waals surface area contributed by atoms with Crippen LogP contribution in [-0.4, -0.2) is 62.5 Å². The van der Waals surface area contributed by atoms with Gasteiger partial charge in [0.1, 0.15) is 0 Å². The maximum Gasteiger partial charge on any atom is 0.0741 e. The van der Waals surface area contributed by atoms with Crippen molar-refractivity contribution in [1.29, 1.82) is 0 Å². The van der Waals surface area contributed by atoms with E-state index in [0.717, 1.165) is 51.3 Å². The quantitative estimate of drug-likeness (QED) is 0.856. The molecule has 1 spiro atoms. The van der Waals surface area contributed by atoms with Gasteiger partial charge in [0, 0.05) is 38.4 Å². The summed E-state index contributed by atoms with van der Waals surface area (Å²) in [6.45, 7) is 5.11. The minimum Gasteiger partial charge on any atom is -0.381 e. The van der Waals surface area contributed by atoms with Crippen LogP contribution >= 0.6 is 0 Å². The molecule has 3 rings (SSSR count). The van der Waals surface area contributed by atoms with Crippen molar-refractivity contribution in [2.45, 2.75) is 62.6 Å². The Kier molecular flexibility index (Phi) is 4.97. The third-order valence-electron chi connectivity index (χ3n) is 5.45. The Labute approximate surface area is 123 Å². The number of piperidine rings is 1. The maximum absolute atomic E-state index is 6.20. The van der Waals surface area contributed by atoms with Crippen LogP contribution in [0.1, 0.15) is 44.9 Å². The van der Waals surface area contributed by atoms with Crippen molar-refractivity contribution in [1.82, 2.24) is 10.2 Å². The Morgan fingerprint density at radius 2 is 2.00 bits per heavy atom. The fraction of sp³-hybridized carbons (Fsp3) is 1.00. The van der Waals surface area contributed by atoms with E-state index in [-0.39, 0.29) is 5.60 Å². The van der Waals surface area contributed by atoms with E-state index in [4.69, 9.17) is 9.47 Å². The summed E-state index contributed by atoms with van der Waals surface area (Å²) in [5.41, 5.74) is 0.128. The molecule has 0 amide bonds. The van der Waals surface area contributed by atoms with Gasteiger partial charge in [-0.3, -0.25) is 4.90 Å². The van der Waals surface area contributed by atoms with E-state index >= 15 is 0 Å². The van der Waals surface area contributed by atoms with Gasteiger partial charge in [0.25, 0.3) is 0 Å². The van der Waals surface area contributed by atoms with Gasteiger partial charge in [-0.05, 0) is 52.1 Å². The minimum atomic E-state index is 0.128. The SMILES string of the molecule is CNCC1CCCCN1C1CCOC2(CCOCC2)C1. The molecule has 2 unspecified atom stereocenters. The van der Waals surface area contributed by atoms with E-state index < -0.39 is 0 Å². The Morgan fingerprint density at radius 1 is 1.15 bits per heavy atom. The van der Waals surface area contributed by atoms with Gasteiger partial charge in [0.2, 0.25) is 0 Å². The average Bonchev–Trinajstić information content (AvgIpc) is 2.49. The first kappa shape index (κ1) is 14.8. The van der Waals surface area contributed by atoms with Crippen molar-refractivity contribution in [3.63, 3.8) is 0 Å². The van der Waals surface area contributed by atoms with E-state index in [9.17, 15) is 0 Å². The van der Waals surface area contributed by atoms with Crippen LogP contribution in [0.25, 0.3) is 0 Å².